The number of halogens is 1. The Morgan fingerprint density at radius 1 is 1.43 bits per heavy atom. The first kappa shape index (κ1) is 8.44. The van der Waals surface area contributed by atoms with E-state index in [-0.39, 0.29) is 0 Å². The maximum Gasteiger partial charge on any atom is 0.105 e. The summed E-state index contributed by atoms with van der Waals surface area (Å²) in [5.74, 6) is 0. The zero-order valence-electron chi connectivity index (χ0n) is 7.42. The molecule has 72 valence electrons. The second kappa shape index (κ2) is 2.58. The first-order valence-electron chi connectivity index (χ1n) is 4.54. The average Bonchev–Trinajstić information content (AvgIpc) is 2.77. The molecule has 0 amide bonds. The van der Waals surface area contributed by atoms with Crippen LogP contribution in [0.4, 0.5) is 0 Å². The van der Waals surface area contributed by atoms with Crippen LogP contribution in [0.25, 0.3) is 11.0 Å². The third kappa shape index (κ3) is 1.18. The molecule has 2 aromatic rings. The Morgan fingerprint density at radius 2 is 2.21 bits per heavy atom. The van der Waals surface area contributed by atoms with Gasteiger partial charge in [-0.05, 0) is 40.9 Å². The molecule has 1 aliphatic carbocycles. The zero-order chi connectivity index (χ0) is 9.76. The van der Waals surface area contributed by atoms with E-state index in [1.807, 2.05) is 12.1 Å². The maximum absolute atomic E-state index is 9.90. The molecular weight excluding hydrogens is 244 g/mol. The molecule has 0 unspecified atom stereocenters. The third-order valence-electron chi connectivity index (χ3n) is 2.66. The third-order valence-corrected chi connectivity index (χ3v) is 3.09. The number of aliphatic hydroxyl groups is 1. The van der Waals surface area contributed by atoms with Crippen LogP contribution >= 0.6 is 15.9 Å². The van der Waals surface area contributed by atoms with E-state index in [1.165, 1.54) is 0 Å². The highest BCUT2D eigenvalue weighted by molar-refractivity contribution is 9.10. The summed E-state index contributed by atoms with van der Waals surface area (Å²) in [7, 11) is 0. The minimum absolute atomic E-state index is 0.604. The average molecular weight is 253 g/mol. The fourth-order valence-electron chi connectivity index (χ4n) is 1.62. The summed E-state index contributed by atoms with van der Waals surface area (Å²) in [6.07, 6.45) is 3.46. The van der Waals surface area contributed by atoms with E-state index in [2.05, 4.69) is 25.9 Å². The lowest BCUT2D eigenvalue weighted by Gasteiger charge is -2.01. The Kier molecular flexibility index (Phi) is 1.56. The second-order valence-electron chi connectivity index (χ2n) is 3.80. The van der Waals surface area contributed by atoms with E-state index < -0.39 is 5.60 Å². The molecule has 0 radical (unpaired) electrons. The monoisotopic (exact) mass is 252 g/mol. The largest absolute Gasteiger partial charge is 0.384 e. The molecule has 0 spiro atoms. The molecule has 3 nitrogen and oxygen atoms in total. The van der Waals surface area contributed by atoms with E-state index in [1.54, 1.807) is 6.20 Å². The number of aromatic amines is 1. The van der Waals surface area contributed by atoms with Crippen LogP contribution in [0.5, 0.6) is 0 Å². The molecule has 1 saturated carbocycles. The molecule has 1 fully saturated rings. The van der Waals surface area contributed by atoms with Crippen molar-refractivity contribution in [3.63, 3.8) is 0 Å². The van der Waals surface area contributed by atoms with Gasteiger partial charge in [0.25, 0.3) is 0 Å². The minimum Gasteiger partial charge on any atom is -0.384 e. The molecule has 2 aromatic heterocycles. The van der Waals surface area contributed by atoms with Gasteiger partial charge < -0.3 is 10.1 Å². The number of fused-ring (bicyclic) bond motifs is 1. The lowest BCUT2D eigenvalue weighted by Crippen LogP contribution is -2.03. The molecule has 2 N–H and O–H groups in total. The van der Waals surface area contributed by atoms with Crippen molar-refractivity contribution < 1.29 is 5.11 Å². The van der Waals surface area contributed by atoms with Gasteiger partial charge in [-0.3, -0.25) is 4.98 Å². The summed E-state index contributed by atoms with van der Waals surface area (Å²) in [4.78, 5) is 7.45. The molecule has 3 rings (SSSR count). The zero-order valence-corrected chi connectivity index (χ0v) is 9.00. The van der Waals surface area contributed by atoms with Crippen LogP contribution in [-0.4, -0.2) is 15.1 Å². The van der Waals surface area contributed by atoms with Crippen LogP contribution in [0.3, 0.4) is 0 Å². The van der Waals surface area contributed by atoms with Crippen molar-refractivity contribution in [2.24, 2.45) is 0 Å². The Morgan fingerprint density at radius 3 is 2.93 bits per heavy atom. The molecular formula is C10H9BrN2O. The van der Waals surface area contributed by atoms with Gasteiger partial charge in [0.1, 0.15) is 5.60 Å². The summed E-state index contributed by atoms with van der Waals surface area (Å²) in [6.45, 7) is 0. The number of nitrogens with zero attached hydrogens (tertiary/aromatic N) is 1. The molecule has 2 heterocycles. The number of hydrogen-bond acceptors (Lipinski definition) is 2. The Labute approximate surface area is 89.3 Å². The predicted octanol–water partition coefficient (Wildman–Crippen LogP) is 2.31. The van der Waals surface area contributed by atoms with Gasteiger partial charge >= 0.3 is 0 Å². The molecule has 14 heavy (non-hydrogen) atoms. The summed E-state index contributed by atoms with van der Waals surface area (Å²) in [6, 6.07) is 3.90. The number of H-pyrrole nitrogens is 1. The lowest BCUT2D eigenvalue weighted by molar-refractivity contribution is 0.147. The first-order valence-corrected chi connectivity index (χ1v) is 5.34. The van der Waals surface area contributed by atoms with Crippen LogP contribution in [0.15, 0.2) is 22.8 Å². The Balaban J connectivity index is 2.20. The molecule has 0 aromatic carbocycles. The second-order valence-corrected chi connectivity index (χ2v) is 4.72. The van der Waals surface area contributed by atoms with Crippen molar-refractivity contribution in [1.82, 2.24) is 9.97 Å². The van der Waals surface area contributed by atoms with Gasteiger partial charge in [-0.25, -0.2) is 0 Å². The van der Waals surface area contributed by atoms with E-state index in [0.29, 0.717) is 0 Å². The van der Waals surface area contributed by atoms with Crippen molar-refractivity contribution >= 4 is 27.0 Å². The van der Waals surface area contributed by atoms with Gasteiger partial charge in [-0.2, -0.15) is 0 Å². The first-order chi connectivity index (χ1) is 6.67. The number of rotatable bonds is 1. The highest BCUT2D eigenvalue weighted by Gasteiger charge is 2.43. The van der Waals surface area contributed by atoms with Crippen molar-refractivity contribution in [3.8, 4) is 0 Å². The summed E-state index contributed by atoms with van der Waals surface area (Å²) >= 11 is 3.36. The Bertz CT molecular complexity index is 502. The Hall–Kier alpha value is -0.870. The fourth-order valence-corrected chi connectivity index (χ4v) is 1.95. The highest BCUT2D eigenvalue weighted by atomic mass is 79.9. The number of nitrogens with one attached hydrogen (secondary N) is 1. The maximum atomic E-state index is 9.90. The number of hydrogen-bond donors (Lipinski definition) is 2. The van der Waals surface area contributed by atoms with Crippen molar-refractivity contribution in [1.29, 1.82) is 0 Å². The molecule has 0 bridgehead atoms. The van der Waals surface area contributed by atoms with Crippen molar-refractivity contribution in [2.75, 3.05) is 0 Å². The van der Waals surface area contributed by atoms with Crippen molar-refractivity contribution in [2.45, 2.75) is 18.4 Å². The SMILES string of the molecule is OC1(c2cc3ncc(Br)cc3[nH]2)CC1. The number of pyridine rings is 1. The van der Waals surface area contributed by atoms with Crippen LogP contribution < -0.4 is 0 Å². The van der Waals surface area contributed by atoms with Gasteiger partial charge in [0.05, 0.1) is 11.0 Å². The fraction of sp³-hybridized carbons (Fsp3) is 0.300. The minimum atomic E-state index is -0.604. The van der Waals surface area contributed by atoms with Crippen LogP contribution in [0, 0.1) is 0 Å². The number of aromatic nitrogens is 2. The molecule has 0 saturated heterocycles. The van der Waals surface area contributed by atoms with Gasteiger partial charge in [0, 0.05) is 16.4 Å². The summed E-state index contributed by atoms with van der Waals surface area (Å²) < 4.78 is 0.946. The van der Waals surface area contributed by atoms with Crippen LogP contribution in [0.2, 0.25) is 0 Å². The molecule has 0 aliphatic heterocycles. The molecule has 0 atom stereocenters. The molecule has 1 aliphatic rings. The normalized spacial score (nSPS) is 18.7. The smallest absolute Gasteiger partial charge is 0.105 e. The van der Waals surface area contributed by atoms with E-state index >= 15 is 0 Å². The lowest BCUT2D eigenvalue weighted by atomic mass is 10.2. The van der Waals surface area contributed by atoms with E-state index in [4.69, 9.17) is 0 Å². The van der Waals surface area contributed by atoms with Crippen molar-refractivity contribution in [3.05, 3.63) is 28.5 Å². The van der Waals surface area contributed by atoms with Gasteiger partial charge in [-0.15, -0.1) is 0 Å². The van der Waals surface area contributed by atoms with Gasteiger partial charge in [0.15, 0.2) is 0 Å². The van der Waals surface area contributed by atoms with E-state index in [0.717, 1.165) is 34.0 Å². The van der Waals surface area contributed by atoms with E-state index in [9.17, 15) is 5.11 Å². The van der Waals surface area contributed by atoms with Crippen LogP contribution in [0.1, 0.15) is 18.5 Å². The summed E-state index contributed by atoms with van der Waals surface area (Å²) in [5.41, 5.74) is 2.16. The van der Waals surface area contributed by atoms with Crippen LogP contribution in [-0.2, 0) is 5.60 Å². The molecule has 4 heteroatoms. The summed E-state index contributed by atoms with van der Waals surface area (Å²) in [5, 5.41) is 9.90. The quantitative estimate of drug-likeness (QED) is 0.819. The standard InChI is InChI=1S/C10H9BrN2O/c11-6-3-8-7(12-5-6)4-9(13-8)10(14)1-2-10/h3-5,13-14H,1-2H2. The topological polar surface area (TPSA) is 48.9 Å². The highest BCUT2D eigenvalue weighted by Crippen LogP contribution is 2.45. The predicted molar refractivity (Wildman–Crippen MR) is 56.9 cm³/mol. The van der Waals surface area contributed by atoms with Gasteiger partial charge in [0.2, 0.25) is 0 Å². The van der Waals surface area contributed by atoms with Gasteiger partial charge in [-0.1, -0.05) is 0 Å².